The van der Waals surface area contributed by atoms with Crippen molar-refractivity contribution in [3.05, 3.63) is 48.6 Å². The Bertz CT molecular complexity index is 1040. The van der Waals surface area contributed by atoms with Crippen LogP contribution >= 0.6 is 0 Å². The van der Waals surface area contributed by atoms with E-state index in [1.165, 1.54) is 83.5 Å². The van der Waals surface area contributed by atoms with Crippen LogP contribution in [0.3, 0.4) is 0 Å². The molecule has 55 heavy (non-hydrogen) atoms. The number of likely N-dealkylation sites (N-methyl/N-ethyl adjacent to an activating group) is 1. The van der Waals surface area contributed by atoms with Crippen LogP contribution < -0.4 is 5.11 Å². The highest BCUT2D eigenvalue weighted by Crippen LogP contribution is 2.15. The topological polar surface area (TPSA) is 102 Å². The van der Waals surface area contributed by atoms with Crippen LogP contribution in [0.25, 0.3) is 0 Å². The lowest BCUT2D eigenvalue weighted by Gasteiger charge is -2.34. The lowest BCUT2D eigenvalue weighted by molar-refractivity contribution is -0.889. The molecule has 0 saturated carbocycles. The van der Waals surface area contributed by atoms with Crippen molar-refractivity contribution in [2.24, 2.45) is 0 Å². The van der Waals surface area contributed by atoms with Gasteiger partial charge in [-0.3, -0.25) is 9.59 Å². The van der Waals surface area contributed by atoms with Crippen LogP contribution in [0.15, 0.2) is 48.6 Å². The largest absolute Gasteiger partial charge is 0.544 e. The quantitative estimate of drug-likeness (QED) is 0.0265. The smallest absolute Gasteiger partial charge is 0.306 e. The predicted octanol–water partition coefficient (Wildman–Crippen LogP) is 10.7. The van der Waals surface area contributed by atoms with Gasteiger partial charge in [-0.15, -0.1) is 0 Å². The minimum absolute atomic E-state index is 0.0247. The molecule has 0 aliphatic heterocycles. The van der Waals surface area contributed by atoms with Gasteiger partial charge in [0.2, 0.25) is 0 Å². The van der Waals surface area contributed by atoms with Crippen molar-refractivity contribution in [3.8, 4) is 0 Å². The molecule has 0 bridgehead atoms. The lowest BCUT2D eigenvalue weighted by atomic mass is 10.0. The van der Waals surface area contributed by atoms with Crippen LogP contribution in [0.4, 0.5) is 0 Å². The summed E-state index contributed by atoms with van der Waals surface area (Å²) in [5.41, 5.74) is 0. The number of unbranched alkanes of at least 4 members (excludes halogenated alkanes) is 17. The van der Waals surface area contributed by atoms with Crippen molar-refractivity contribution in [1.29, 1.82) is 0 Å². The summed E-state index contributed by atoms with van der Waals surface area (Å²) < 4.78 is 17.1. The Hall–Kier alpha value is -2.71. The van der Waals surface area contributed by atoms with Crippen LogP contribution in [-0.4, -0.2) is 75.5 Å². The molecule has 0 rings (SSSR count). The van der Waals surface area contributed by atoms with Crippen molar-refractivity contribution < 1.29 is 38.2 Å². The molecule has 0 aromatic carbocycles. The molecule has 0 fully saturated rings. The Balaban J connectivity index is 4.39. The van der Waals surface area contributed by atoms with E-state index in [4.69, 9.17) is 14.2 Å². The molecular weight excluding hydrogens is 691 g/mol. The third-order valence-corrected chi connectivity index (χ3v) is 9.73. The highest BCUT2D eigenvalue weighted by atomic mass is 16.6. The second kappa shape index (κ2) is 38.2. The number of ether oxygens (including phenoxy) is 3. The maximum Gasteiger partial charge on any atom is 0.306 e. The summed E-state index contributed by atoms with van der Waals surface area (Å²) >= 11 is 0. The zero-order valence-corrected chi connectivity index (χ0v) is 36.1. The van der Waals surface area contributed by atoms with Gasteiger partial charge in [0.1, 0.15) is 12.6 Å². The number of aliphatic carboxylic acids is 1. The molecule has 0 aromatic rings. The summed E-state index contributed by atoms with van der Waals surface area (Å²) in [6.07, 6.45) is 44.2. The molecule has 0 aromatic heterocycles. The Morgan fingerprint density at radius 2 is 1.02 bits per heavy atom. The molecule has 2 atom stereocenters. The van der Waals surface area contributed by atoms with Gasteiger partial charge in [-0.05, 0) is 51.4 Å². The average molecular weight is 774 g/mol. The SMILES string of the molecule is CC/C=C\C/C=C\C/C=C\C/C=C\CCCCC(=O)OC(COCCC(C(=O)[O-])[N+](C)(C)C)COC(=O)CCCCCCCCCCCCCCCCCC. The van der Waals surface area contributed by atoms with E-state index in [-0.39, 0.29) is 49.1 Å². The van der Waals surface area contributed by atoms with E-state index < -0.39 is 18.1 Å². The van der Waals surface area contributed by atoms with Gasteiger partial charge in [0, 0.05) is 19.3 Å². The molecule has 0 saturated heterocycles. The fourth-order valence-corrected chi connectivity index (χ4v) is 6.30. The number of allylic oxidation sites excluding steroid dienone is 8. The summed E-state index contributed by atoms with van der Waals surface area (Å²) in [5.74, 6) is -1.79. The summed E-state index contributed by atoms with van der Waals surface area (Å²) in [7, 11) is 5.39. The Morgan fingerprint density at radius 1 is 0.564 bits per heavy atom. The van der Waals surface area contributed by atoms with Crippen LogP contribution in [0.2, 0.25) is 0 Å². The Morgan fingerprint density at radius 3 is 1.51 bits per heavy atom. The van der Waals surface area contributed by atoms with Gasteiger partial charge in [-0.1, -0.05) is 159 Å². The summed E-state index contributed by atoms with van der Waals surface area (Å²) in [5, 5.41) is 11.6. The van der Waals surface area contributed by atoms with E-state index in [1.54, 1.807) is 21.1 Å². The van der Waals surface area contributed by atoms with Gasteiger partial charge >= 0.3 is 11.9 Å². The first-order valence-electron chi connectivity index (χ1n) is 22.2. The standard InChI is InChI=1S/C47H83NO7/c1-6-8-10-12-14-16-18-20-22-24-25-27-29-31-33-35-37-45(49)54-42-43(41-53-40-39-44(47(51)52)48(3,4)5)55-46(50)38-36-34-32-30-28-26-23-21-19-17-15-13-11-9-7-2/h9,11,15,17,21,23,28,30,43-44H,6-8,10,12-14,16,18-20,22,24-27,29,31-42H2,1-5H3/b11-9-,17-15-,23-21-,30-28-. The second-order valence-corrected chi connectivity index (χ2v) is 15.9. The highest BCUT2D eigenvalue weighted by Gasteiger charge is 2.25. The van der Waals surface area contributed by atoms with Crippen LogP contribution in [0.1, 0.15) is 181 Å². The van der Waals surface area contributed by atoms with E-state index in [0.717, 1.165) is 57.8 Å². The average Bonchev–Trinajstić information content (AvgIpc) is 3.14. The molecule has 318 valence electrons. The summed E-state index contributed by atoms with van der Waals surface area (Å²) in [6.45, 7) is 4.51. The normalized spacial score (nSPS) is 13.4. The minimum atomic E-state index is -1.13. The van der Waals surface area contributed by atoms with Crippen molar-refractivity contribution >= 4 is 17.9 Å². The number of carboxylic acids is 1. The number of carboxylic acid groups (broad SMARTS) is 1. The first-order chi connectivity index (χ1) is 26.6. The van der Waals surface area contributed by atoms with Crippen LogP contribution in [0.5, 0.6) is 0 Å². The predicted molar refractivity (Wildman–Crippen MR) is 226 cm³/mol. The molecule has 8 heteroatoms. The van der Waals surface area contributed by atoms with Crippen molar-refractivity contribution in [1.82, 2.24) is 0 Å². The van der Waals surface area contributed by atoms with Gasteiger partial charge in [0.25, 0.3) is 0 Å². The molecule has 0 radical (unpaired) electrons. The molecule has 8 nitrogen and oxygen atoms in total. The summed E-state index contributed by atoms with van der Waals surface area (Å²) in [4.78, 5) is 36.8. The molecule has 0 heterocycles. The zero-order valence-electron chi connectivity index (χ0n) is 36.1. The van der Waals surface area contributed by atoms with Gasteiger partial charge < -0.3 is 28.6 Å². The Kier molecular flexibility index (Phi) is 36.3. The van der Waals surface area contributed by atoms with Crippen molar-refractivity contribution in [2.45, 2.75) is 193 Å². The molecule has 2 unspecified atom stereocenters. The van der Waals surface area contributed by atoms with Crippen molar-refractivity contribution in [2.75, 3.05) is 41.0 Å². The summed E-state index contributed by atoms with van der Waals surface area (Å²) in [6, 6.07) is -0.733. The molecule has 0 aliphatic rings. The fraction of sp³-hybridized carbons (Fsp3) is 0.766. The molecule has 0 spiro atoms. The number of carbonyl (C=O) groups is 3. The number of rotatable bonds is 39. The van der Waals surface area contributed by atoms with Gasteiger partial charge in [-0.25, -0.2) is 0 Å². The van der Waals surface area contributed by atoms with Crippen molar-refractivity contribution in [3.63, 3.8) is 0 Å². The highest BCUT2D eigenvalue weighted by molar-refractivity contribution is 5.70. The number of hydrogen-bond acceptors (Lipinski definition) is 7. The number of quaternary nitrogens is 1. The van der Waals surface area contributed by atoms with E-state index in [9.17, 15) is 19.5 Å². The van der Waals surface area contributed by atoms with E-state index in [2.05, 4.69) is 62.5 Å². The first-order valence-corrected chi connectivity index (χ1v) is 22.2. The van der Waals surface area contributed by atoms with Crippen LogP contribution in [0, 0.1) is 0 Å². The number of carbonyl (C=O) groups excluding carboxylic acids is 3. The maximum absolute atomic E-state index is 12.7. The van der Waals surface area contributed by atoms with E-state index in [1.807, 2.05) is 0 Å². The van der Waals surface area contributed by atoms with E-state index in [0.29, 0.717) is 12.8 Å². The van der Waals surface area contributed by atoms with Gasteiger partial charge in [0.15, 0.2) is 6.10 Å². The van der Waals surface area contributed by atoms with Gasteiger partial charge in [0.05, 0.1) is 40.3 Å². The molecular formula is C47H83NO7. The van der Waals surface area contributed by atoms with Gasteiger partial charge in [-0.2, -0.15) is 0 Å². The molecule has 0 aliphatic carbocycles. The molecule has 0 N–H and O–H groups in total. The number of esters is 2. The monoisotopic (exact) mass is 774 g/mol. The minimum Gasteiger partial charge on any atom is -0.544 e. The van der Waals surface area contributed by atoms with E-state index >= 15 is 0 Å². The third-order valence-electron chi connectivity index (χ3n) is 9.73. The fourth-order valence-electron chi connectivity index (χ4n) is 6.30. The lowest BCUT2D eigenvalue weighted by Crippen LogP contribution is -2.55. The maximum atomic E-state index is 12.7. The zero-order chi connectivity index (χ0) is 40.7. The first kappa shape index (κ1) is 52.3. The van der Waals surface area contributed by atoms with Crippen LogP contribution in [-0.2, 0) is 28.6 Å². The number of hydrogen-bond donors (Lipinski definition) is 0. The second-order valence-electron chi connectivity index (χ2n) is 15.9. The number of nitrogens with zero attached hydrogens (tertiary/aromatic N) is 1. The third kappa shape index (κ3) is 36.7. The Labute approximate surface area is 337 Å². The molecule has 0 amide bonds.